The molecule has 1 aromatic rings. The van der Waals surface area contributed by atoms with Crippen molar-refractivity contribution < 1.29 is 0 Å². The molecule has 0 aliphatic carbocycles. The highest BCUT2D eigenvalue weighted by Gasteiger charge is 1.94. The number of hydrogen-bond donors (Lipinski definition) is 0. The van der Waals surface area contributed by atoms with Gasteiger partial charge in [-0.15, -0.1) is 6.58 Å². The zero-order valence-corrected chi connectivity index (χ0v) is 8.56. The second-order valence-corrected chi connectivity index (χ2v) is 2.96. The predicted molar refractivity (Wildman–Crippen MR) is 61.7 cm³/mol. The molecule has 0 aromatic carbocycles. The molecule has 0 saturated carbocycles. The Bertz CT molecular complexity index is 332. The lowest BCUT2D eigenvalue weighted by Gasteiger charge is -2.02. The van der Waals surface area contributed by atoms with Gasteiger partial charge in [0.15, 0.2) is 0 Å². The maximum Gasteiger partial charge on any atom is 0.0592 e. The molecular formula is C12H16N2. The molecular weight excluding hydrogens is 172 g/mol. The minimum atomic E-state index is 0.966. The fourth-order valence-electron chi connectivity index (χ4n) is 1.18. The first-order chi connectivity index (χ1) is 6.88. The molecule has 2 nitrogen and oxygen atoms in total. The van der Waals surface area contributed by atoms with Gasteiger partial charge in [0.25, 0.3) is 0 Å². The van der Waals surface area contributed by atoms with Crippen LogP contribution in [0.2, 0.25) is 0 Å². The summed E-state index contributed by atoms with van der Waals surface area (Å²) < 4.78 is 2.16. The molecule has 1 rings (SSSR count). The van der Waals surface area contributed by atoms with E-state index in [1.54, 1.807) is 6.20 Å². The molecule has 0 aliphatic rings. The Morgan fingerprint density at radius 2 is 2.43 bits per heavy atom. The van der Waals surface area contributed by atoms with Crippen LogP contribution in [0.5, 0.6) is 0 Å². The summed E-state index contributed by atoms with van der Waals surface area (Å²) in [5.41, 5.74) is 1.13. The lowest BCUT2D eigenvalue weighted by molar-refractivity contribution is 0.711. The van der Waals surface area contributed by atoms with Crippen molar-refractivity contribution in [2.45, 2.75) is 19.9 Å². The van der Waals surface area contributed by atoms with Crippen molar-refractivity contribution in [3.05, 3.63) is 49.0 Å². The molecule has 0 unspecified atom stereocenters. The zero-order chi connectivity index (χ0) is 10.2. The van der Waals surface area contributed by atoms with Gasteiger partial charge in [0.05, 0.1) is 11.9 Å². The number of nitrogens with zero attached hydrogens (tertiary/aromatic N) is 2. The van der Waals surface area contributed by atoms with Crippen molar-refractivity contribution in [2.24, 2.45) is 4.99 Å². The van der Waals surface area contributed by atoms with Gasteiger partial charge in [-0.3, -0.25) is 4.99 Å². The summed E-state index contributed by atoms with van der Waals surface area (Å²) >= 11 is 0. The molecule has 2 heteroatoms. The van der Waals surface area contributed by atoms with Gasteiger partial charge in [0.1, 0.15) is 0 Å². The van der Waals surface area contributed by atoms with Crippen LogP contribution in [0.4, 0.5) is 0 Å². The van der Waals surface area contributed by atoms with Gasteiger partial charge in [0.2, 0.25) is 0 Å². The molecule has 0 radical (unpaired) electrons. The van der Waals surface area contributed by atoms with E-state index < -0.39 is 0 Å². The molecule has 1 heterocycles. The Hall–Kier alpha value is -1.57. The van der Waals surface area contributed by atoms with Crippen molar-refractivity contribution in [3.8, 4) is 0 Å². The van der Waals surface area contributed by atoms with E-state index in [1.807, 2.05) is 31.4 Å². The van der Waals surface area contributed by atoms with Crippen molar-refractivity contribution in [1.82, 2.24) is 4.57 Å². The Labute approximate surface area is 85.3 Å². The summed E-state index contributed by atoms with van der Waals surface area (Å²) in [4.78, 5) is 4.15. The number of hydrogen-bond acceptors (Lipinski definition) is 1. The van der Waals surface area contributed by atoms with Crippen molar-refractivity contribution in [2.75, 3.05) is 0 Å². The van der Waals surface area contributed by atoms with E-state index in [9.17, 15) is 0 Å². The van der Waals surface area contributed by atoms with E-state index >= 15 is 0 Å². The Kier molecular flexibility index (Phi) is 4.48. The fourth-order valence-corrected chi connectivity index (χ4v) is 1.18. The molecule has 0 spiro atoms. The van der Waals surface area contributed by atoms with Crippen LogP contribution in [0.1, 0.15) is 19.0 Å². The number of rotatable bonds is 5. The monoisotopic (exact) mass is 188 g/mol. The second-order valence-electron chi connectivity index (χ2n) is 2.96. The highest BCUT2D eigenvalue weighted by atomic mass is 15.0. The average Bonchev–Trinajstić information content (AvgIpc) is 2.63. The van der Waals surface area contributed by atoms with E-state index in [4.69, 9.17) is 0 Å². The number of aryl methyl sites for hydroxylation is 1. The van der Waals surface area contributed by atoms with E-state index in [0.717, 1.165) is 18.7 Å². The number of aliphatic imine (C=N–C) groups is 1. The largest absolute Gasteiger partial charge is 0.346 e. The lowest BCUT2D eigenvalue weighted by Crippen LogP contribution is -1.99. The molecule has 0 N–H and O–H groups in total. The number of allylic oxidation sites excluding steroid dienone is 2. The summed E-state index contributed by atoms with van der Waals surface area (Å²) in [5, 5.41) is 0. The highest BCUT2D eigenvalue weighted by molar-refractivity contribution is 5.77. The minimum absolute atomic E-state index is 0.966. The van der Waals surface area contributed by atoms with E-state index in [2.05, 4.69) is 28.4 Å². The van der Waals surface area contributed by atoms with Gasteiger partial charge >= 0.3 is 0 Å². The van der Waals surface area contributed by atoms with Gasteiger partial charge in [-0.2, -0.15) is 0 Å². The van der Waals surface area contributed by atoms with E-state index in [1.165, 1.54) is 0 Å². The normalized spacial score (nSPS) is 11.5. The Balaban J connectivity index is 2.66. The van der Waals surface area contributed by atoms with Crippen LogP contribution in [-0.4, -0.2) is 10.8 Å². The third-order valence-electron chi connectivity index (χ3n) is 1.88. The summed E-state index contributed by atoms with van der Waals surface area (Å²) in [6.45, 7) is 6.63. The van der Waals surface area contributed by atoms with Crippen LogP contribution in [0.15, 0.2) is 48.3 Å². The first kappa shape index (κ1) is 10.5. The van der Waals surface area contributed by atoms with Gasteiger partial charge in [0, 0.05) is 18.9 Å². The maximum atomic E-state index is 4.15. The van der Waals surface area contributed by atoms with Gasteiger partial charge in [-0.25, -0.2) is 0 Å². The summed E-state index contributed by atoms with van der Waals surface area (Å²) in [7, 11) is 0. The summed E-state index contributed by atoms with van der Waals surface area (Å²) in [6.07, 6.45) is 10.5. The molecule has 0 bridgehead atoms. The third-order valence-corrected chi connectivity index (χ3v) is 1.88. The van der Waals surface area contributed by atoms with E-state index in [-0.39, 0.29) is 0 Å². The van der Waals surface area contributed by atoms with Crippen LogP contribution < -0.4 is 0 Å². The Morgan fingerprint density at radius 1 is 1.57 bits per heavy atom. The van der Waals surface area contributed by atoms with Gasteiger partial charge in [-0.05, 0) is 25.5 Å². The van der Waals surface area contributed by atoms with E-state index in [0.29, 0.717) is 0 Å². The van der Waals surface area contributed by atoms with Gasteiger partial charge in [-0.1, -0.05) is 12.2 Å². The molecule has 0 saturated heterocycles. The first-order valence-electron chi connectivity index (χ1n) is 4.79. The highest BCUT2D eigenvalue weighted by Crippen LogP contribution is 2.01. The molecule has 14 heavy (non-hydrogen) atoms. The SMILES string of the molecule is C=CCCn1cccc1C=N/C=C\C. The molecule has 0 fully saturated rings. The quantitative estimate of drug-likeness (QED) is 0.499. The molecule has 0 atom stereocenters. The first-order valence-corrected chi connectivity index (χ1v) is 4.79. The standard InChI is InChI=1S/C12H16N2/c1-3-5-9-14-10-6-7-12(14)11-13-8-4-2/h3-4,6-8,10-11H,1,5,9H2,2H3/b8-4-,13-11?. The molecule has 0 amide bonds. The van der Waals surface area contributed by atoms with Crippen LogP contribution in [0.25, 0.3) is 0 Å². The molecule has 74 valence electrons. The van der Waals surface area contributed by atoms with Crippen LogP contribution in [0.3, 0.4) is 0 Å². The van der Waals surface area contributed by atoms with Crippen molar-refractivity contribution in [3.63, 3.8) is 0 Å². The summed E-state index contributed by atoms with van der Waals surface area (Å²) in [5.74, 6) is 0. The topological polar surface area (TPSA) is 17.3 Å². The van der Waals surface area contributed by atoms with Crippen molar-refractivity contribution >= 4 is 6.21 Å². The van der Waals surface area contributed by atoms with Crippen LogP contribution in [-0.2, 0) is 6.54 Å². The average molecular weight is 188 g/mol. The van der Waals surface area contributed by atoms with Crippen molar-refractivity contribution in [1.29, 1.82) is 0 Å². The maximum absolute atomic E-state index is 4.15. The summed E-state index contributed by atoms with van der Waals surface area (Å²) in [6, 6.07) is 4.08. The van der Waals surface area contributed by atoms with Crippen LogP contribution in [0, 0.1) is 0 Å². The lowest BCUT2D eigenvalue weighted by atomic mass is 10.4. The smallest absolute Gasteiger partial charge is 0.0592 e. The van der Waals surface area contributed by atoms with Gasteiger partial charge < -0.3 is 4.57 Å². The fraction of sp³-hybridized carbons (Fsp3) is 0.250. The second kappa shape index (κ2) is 5.97. The Morgan fingerprint density at radius 3 is 3.14 bits per heavy atom. The molecule has 1 aromatic heterocycles. The predicted octanol–water partition coefficient (Wildman–Crippen LogP) is 3.02. The number of aromatic nitrogens is 1. The third kappa shape index (κ3) is 3.05. The minimum Gasteiger partial charge on any atom is -0.346 e. The van der Waals surface area contributed by atoms with Crippen LogP contribution >= 0.6 is 0 Å². The zero-order valence-electron chi connectivity index (χ0n) is 8.56. The molecule has 0 aliphatic heterocycles.